The highest BCUT2D eigenvalue weighted by atomic mass is 32.1. The van der Waals surface area contributed by atoms with Crippen LogP contribution >= 0.6 is 11.3 Å². The van der Waals surface area contributed by atoms with Crippen molar-refractivity contribution >= 4 is 29.1 Å². The van der Waals surface area contributed by atoms with Crippen molar-refractivity contribution in [2.45, 2.75) is 32.3 Å². The summed E-state index contributed by atoms with van der Waals surface area (Å²) < 4.78 is 5.07. The van der Waals surface area contributed by atoms with Gasteiger partial charge in [-0.05, 0) is 43.3 Å². The number of benzene rings is 1. The molecule has 0 unspecified atom stereocenters. The van der Waals surface area contributed by atoms with Crippen LogP contribution in [0, 0.1) is 0 Å². The SMILES string of the molecule is C[C@H](OC(=O)CCCc1cccs1)C(=O)NNC(=O)c1ccccc1. The number of esters is 1. The highest BCUT2D eigenvalue weighted by Gasteiger charge is 2.18. The molecule has 2 rings (SSSR count). The van der Waals surface area contributed by atoms with Gasteiger partial charge < -0.3 is 4.74 Å². The predicted molar refractivity (Wildman–Crippen MR) is 94.9 cm³/mol. The van der Waals surface area contributed by atoms with Gasteiger partial charge in [0.1, 0.15) is 0 Å². The fourth-order valence-corrected chi connectivity index (χ4v) is 2.80. The second-order valence-corrected chi connectivity index (χ2v) is 6.41. The molecular formula is C18H20N2O4S. The summed E-state index contributed by atoms with van der Waals surface area (Å²) in [6.45, 7) is 1.46. The molecule has 0 aliphatic heterocycles. The summed E-state index contributed by atoms with van der Waals surface area (Å²) in [5.41, 5.74) is 4.95. The van der Waals surface area contributed by atoms with Crippen LogP contribution in [-0.2, 0) is 20.7 Å². The van der Waals surface area contributed by atoms with E-state index in [1.54, 1.807) is 41.7 Å². The molecule has 1 atom stereocenters. The second-order valence-electron chi connectivity index (χ2n) is 5.37. The molecule has 1 heterocycles. The van der Waals surface area contributed by atoms with Crippen molar-refractivity contribution in [3.8, 4) is 0 Å². The Morgan fingerprint density at radius 2 is 1.84 bits per heavy atom. The summed E-state index contributed by atoms with van der Waals surface area (Å²) in [5, 5.41) is 1.99. The van der Waals surface area contributed by atoms with Crippen LogP contribution in [0.3, 0.4) is 0 Å². The number of hydrogen-bond acceptors (Lipinski definition) is 5. The van der Waals surface area contributed by atoms with E-state index >= 15 is 0 Å². The van der Waals surface area contributed by atoms with Gasteiger partial charge in [-0.3, -0.25) is 25.2 Å². The standard InChI is InChI=1S/C18H20N2O4S/c1-13(24-16(21)11-5-9-15-10-6-12-25-15)17(22)19-20-18(23)14-7-3-2-4-8-14/h2-4,6-8,10,12-13H,5,9,11H2,1H3,(H,19,22)(H,20,23)/t13-/m0/s1. The van der Waals surface area contributed by atoms with Gasteiger partial charge in [-0.2, -0.15) is 0 Å². The predicted octanol–water partition coefficient (Wildman–Crippen LogP) is 2.46. The van der Waals surface area contributed by atoms with Gasteiger partial charge >= 0.3 is 5.97 Å². The van der Waals surface area contributed by atoms with E-state index in [9.17, 15) is 14.4 Å². The maximum Gasteiger partial charge on any atom is 0.306 e. The van der Waals surface area contributed by atoms with Crippen LogP contribution in [0.25, 0.3) is 0 Å². The third kappa shape index (κ3) is 6.39. The molecule has 25 heavy (non-hydrogen) atoms. The van der Waals surface area contributed by atoms with Gasteiger partial charge in [0.15, 0.2) is 6.10 Å². The summed E-state index contributed by atoms with van der Waals surface area (Å²) in [6.07, 6.45) is 0.732. The Balaban J connectivity index is 1.67. The molecule has 0 spiro atoms. The van der Waals surface area contributed by atoms with Gasteiger partial charge in [0.25, 0.3) is 11.8 Å². The van der Waals surface area contributed by atoms with Gasteiger partial charge in [0, 0.05) is 16.9 Å². The van der Waals surface area contributed by atoms with E-state index in [1.165, 1.54) is 11.8 Å². The Bertz CT molecular complexity index is 701. The zero-order valence-corrected chi connectivity index (χ0v) is 14.7. The largest absolute Gasteiger partial charge is 0.452 e. The summed E-state index contributed by atoms with van der Waals surface area (Å²) in [7, 11) is 0. The minimum atomic E-state index is -0.981. The Labute approximate surface area is 150 Å². The number of amides is 2. The first-order valence-corrected chi connectivity index (χ1v) is 8.81. The molecule has 0 radical (unpaired) electrons. The molecule has 0 saturated heterocycles. The number of rotatable bonds is 7. The van der Waals surface area contributed by atoms with Crippen molar-refractivity contribution < 1.29 is 19.1 Å². The third-order valence-electron chi connectivity index (χ3n) is 3.40. The Morgan fingerprint density at radius 3 is 2.52 bits per heavy atom. The van der Waals surface area contributed by atoms with Crippen molar-refractivity contribution in [1.29, 1.82) is 0 Å². The van der Waals surface area contributed by atoms with Crippen LogP contribution in [0.15, 0.2) is 47.8 Å². The Morgan fingerprint density at radius 1 is 1.08 bits per heavy atom. The van der Waals surface area contributed by atoms with Gasteiger partial charge in [0.2, 0.25) is 0 Å². The molecule has 1 aromatic carbocycles. The lowest BCUT2D eigenvalue weighted by atomic mass is 10.2. The quantitative estimate of drug-likeness (QED) is 0.587. The monoisotopic (exact) mass is 360 g/mol. The number of hydrogen-bond donors (Lipinski definition) is 2. The maximum absolute atomic E-state index is 11.9. The molecular weight excluding hydrogens is 340 g/mol. The number of thiophene rings is 1. The van der Waals surface area contributed by atoms with E-state index < -0.39 is 23.9 Å². The van der Waals surface area contributed by atoms with E-state index in [0.717, 1.165) is 6.42 Å². The van der Waals surface area contributed by atoms with Crippen molar-refractivity contribution in [2.24, 2.45) is 0 Å². The van der Waals surface area contributed by atoms with Crippen LogP contribution in [0.1, 0.15) is 35.0 Å². The molecule has 0 aliphatic rings. The fourth-order valence-electron chi connectivity index (χ4n) is 2.05. The summed E-state index contributed by atoms with van der Waals surface area (Å²) in [6, 6.07) is 12.5. The average Bonchev–Trinajstić information content (AvgIpc) is 3.13. The van der Waals surface area contributed by atoms with E-state index in [4.69, 9.17) is 4.74 Å². The number of aryl methyl sites for hydroxylation is 1. The number of ether oxygens (including phenoxy) is 1. The van der Waals surface area contributed by atoms with E-state index in [0.29, 0.717) is 12.0 Å². The summed E-state index contributed by atoms with van der Waals surface area (Å²) in [5.74, 6) is -1.46. The first-order valence-electron chi connectivity index (χ1n) is 7.93. The van der Waals surface area contributed by atoms with Gasteiger partial charge in [-0.1, -0.05) is 24.3 Å². The lowest BCUT2D eigenvalue weighted by Gasteiger charge is -2.14. The van der Waals surface area contributed by atoms with E-state index in [2.05, 4.69) is 10.9 Å². The molecule has 0 saturated carbocycles. The van der Waals surface area contributed by atoms with Gasteiger partial charge in [0.05, 0.1) is 0 Å². The minimum absolute atomic E-state index is 0.242. The van der Waals surface area contributed by atoms with Crippen molar-refractivity contribution in [3.05, 3.63) is 58.3 Å². The zero-order chi connectivity index (χ0) is 18.1. The normalized spacial score (nSPS) is 11.4. The first-order chi connectivity index (χ1) is 12.1. The molecule has 2 amide bonds. The molecule has 2 N–H and O–H groups in total. The molecule has 1 aromatic heterocycles. The molecule has 0 fully saturated rings. The Hall–Kier alpha value is -2.67. The van der Waals surface area contributed by atoms with Crippen molar-refractivity contribution in [2.75, 3.05) is 0 Å². The highest BCUT2D eigenvalue weighted by Crippen LogP contribution is 2.12. The van der Waals surface area contributed by atoms with Gasteiger partial charge in [-0.15, -0.1) is 11.3 Å². The minimum Gasteiger partial charge on any atom is -0.452 e. The summed E-state index contributed by atoms with van der Waals surface area (Å²) >= 11 is 1.64. The van der Waals surface area contributed by atoms with Gasteiger partial charge in [-0.25, -0.2) is 0 Å². The molecule has 6 nitrogen and oxygen atoms in total. The highest BCUT2D eigenvalue weighted by molar-refractivity contribution is 7.09. The number of nitrogens with one attached hydrogen (secondary N) is 2. The third-order valence-corrected chi connectivity index (χ3v) is 4.33. The van der Waals surface area contributed by atoms with Crippen molar-refractivity contribution in [1.82, 2.24) is 10.9 Å². The topological polar surface area (TPSA) is 84.5 Å². The molecule has 7 heteroatoms. The van der Waals surface area contributed by atoms with Crippen LogP contribution in [0.4, 0.5) is 0 Å². The van der Waals surface area contributed by atoms with Crippen LogP contribution in [0.5, 0.6) is 0 Å². The molecule has 2 aromatic rings. The molecule has 0 aliphatic carbocycles. The smallest absolute Gasteiger partial charge is 0.306 e. The van der Waals surface area contributed by atoms with Crippen molar-refractivity contribution in [3.63, 3.8) is 0 Å². The zero-order valence-electron chi connectivity index (χ0n) is 13.9. The second kappa shape index (κ2) is 9.58. The van der Waals surface area contributed by atoms with E-state index in [1.807, 2.05) is 17.5 Å². The molecule has 132 valence electrons. The lowest BCUT2D eigenvalue weighted by molar-refractivity contribution is -0.155. The lowest BCUT2D eigenvalue weighted by Crippen LogP contribution is -2.46. The maximum atomic E-state index is 11.9. The van der Waals surface area contributed by atoms with Crippen LogP contribution in [0.2, 0.25) is 0 Å². The molecule has 0 bridgehead atoms. The average molecular weight is 360 g/mol. The van der Waals surface area contributed by atoms with E-state index in [-0.39, 0.29) is 6.42 Å². The first kappa shape index (κ1) is 18.7. The Kier molecular flexibility index (Phi) is 7.16. The van der Waals surface area contributed by atoms with Crippen LogP contribution in [-0.4, -0.2) is 23.9 Å². The number of hydrazine groups is 1. The van der Waals surface area contributed by atoms with Crippen LogP contribution < -0.4 is 10.9 Å². The fraction of sp³-hybridized carbons (Fsp3) is 0.278. The number of carbonyl (C=O) groups excluding carboxylic acids is 3. The summed E-state index contributed by atoms with van der Waals surface area (Å²) in [4.78, 5) is 36.7. The number of carbonyl (C=O) groups is 3.